The van der Waals surface area contributed by atoms with Crippen LogP contribution >= 0.6 is 27.3 Å². The van der Waals surface area contributed by atoms with E-state index in [0.717, 1.165) is 20.0 Å². The minimum atomic E-state index is -0.223. The van der Waals surface area contributed by atoms with E-state index >= 15 is 0 Å². The summed E-state index contributed by atoms with van der Waals surface area (Å²) in [4.78, 5) is 17.0. The highest BCUT2D eigenvalue weighted by molar-refractivity contribution is 9.10. The van der Waals surface area contributed by atoms with Crippen LogP contribution in [0.4, 0.5) is 5.69 Å². The fourth-order valence-corrected chi connectivity index (χ4v) is 3.33. The minimum absolute atomic E-state index is 0.223. The number of fused-ring (bicyclic) bond motifs is 1. The van der Waals surface area contributed by atoms with E-state index in [0.29, 0.717) is 11.3 Å². The molecule has 118 valence electrons. The van der Waals surface area contributed by atoms with Gasteiger partial charge in [0.2, 0.25) is 4.96 Å². The molecule has 0 fully saturated rings. The zero-order valence-corrected chi connectivity index (χ0v) is 14.5. The van der Waals surface area contributed by atoms with Crippen LogP contribution in [0.3, 0.4) is 0 Å². The monoisotopic (exact) mass is 400 g/mol. The van der Waals surface area contributed by atoms with Crippen molar-refractivity contribution in [1.29, 1.82) is 0 Å². The Kier molecular flexibility index (Phi) is 3.79. The Hall–Kier alpha value is -2.65. The van der Waals surface area contributed by atoms with Crippen LogP contribution in [-0.2, 0) is 0 Å². The van der Waals surface area contributed by atoms with Gasteiger partial charge in [-0.25, -0.2) is 0 Å². The lowest BCUT2D eigenvalue weighted by Gasteiger charge is -2.06. The molecular weight excluding hydrogens is 392 g/mol. The summed E-state index contributed by atoms with van der Waals surface area (Å²) in [6, 6.07) is 9.21. The third kappa shape index (κ3) is 2.91. The van der Waals surface area contributed by atoms with Gasteiger partial charge in [0.25, 0.3) is 5.91 Å². The topological polar surface area (TPSA) is 85.1 Å². The second-order valence-corrected chi connectivity index (χ2v) is 6.76. The molecule has 0 saturated heterocycles. The molecule has 24 heavy (non-hydrogen) atoms. The summed E-state index contributed by atoms with van der Waals surface area (Å²) in [7, 11) is 0. The summed E-state index contributed by atoms with van der Waals surface area (Å²) < 4.78 is 2.38. The highest BCUT2D eigenvalue weighted by Gasteiger charge is 2.10. The van der Waals surface area contributed by atoms with E-state index < -0.39 is 0 Å². The van der Waals surface area contributed by atoms with Crippen LogP contribution in [0.2, 0.25) is 0 Å². The maximum atomic E-state index is 12.3. The molecule has 3 heterocycles. The van der Waals surface area contributed by atoms with Crippen LogP contribution in [0.5, 0.6) is 0 Å². The van der Waals surface area contributed by atoms with Gasteiger partial charge in [-0.3, -0.25) is 9.78 Å². The average molecular weight is 401 g/mol. The number of halogens is 1. The lowest BCUT2D eigenvalue weighted by molar-refractivity contribution is 0.102. The Labute approximate surface area is 148 Å². The number of nitrogens with one attached hydrogen (secondary N) is 1. The number of pyridine rings is 1. The fourth-order valence-electron chi connectivity index (χ4n) is 2.15. The van der Waals surface area contributed by atoms with Crippen molar-refractivity contribution >= 4 is 43.8 Å². The molecule has 3 aromatic heterocycles. The molecule has 0 saturated carbocycles. The Bertz CT molecular complexity index is 1010. The number of rotatable bonds is 3. The van der Waals surface area contributed by atoms with E-state index in [1.807, 2.05) is 24.3 Å². The third-order valence-electron chi connectivity index (χ3n) is 3.22. The minimum Gasteiger partial charge on any atom is -0.322 e. The smallest absolute Gasteiger partial charge is 0.257 e. The van der Waals surface area contributed by atoms with Gasteiger partial charge in [0.05, 0.1) is 5.56 Å². The summed E-state index contributed by atoms with van der Waals surface area (Å²) in [5.74, 6) is -0.223. The second-order valence-electron chi connectivity index (χ2n) is 4.89. The molecule has 0 atom stereocenters. The van der Waals surface area contributed by atoms with Crippen LogP contribution in [-0.4, -0.2) is 30.7 Å². The molecule has 7 nitrogen and oxygen atoms in total. The van der Waals surface area contributed by atoms with E-state index in [1.54, 1.807) is 23.1 Å². The number of carbonyl (C=O) groups excluding carboxylic acids is 1. The van der Waals surface area contributed by atoms with Gasteiger partial charge in [0.15, 0.2) is 0 Å². The molecule has 0 aliphatic rings. The van der Waals surface area contributed by atoms with Crippen LogP contribution < -0.4 is 5.32 Å². The Morgan fingerprint density at radius 1 is 1.25 bits per heavy atom. The van der Waals surface area contributed by atoms with Crippen LogP contribution in [0.25, 0.3) is 15.5 Å². The summed E-state index contributed by atoms with van der Waals surface area (Å²) in [6.07, 6.45) is 4.71. The van der Waals surface area contributed by atoms with Gasteiger partial charge in [-0.15, -0.1) is 10.2 Å². The van der Waals surface area contributed by atoms with Crippen molar-refractivity contribution < 1.29 is 4.79 Å². The molecule has 4 aromatic rings. The van der Waals surface area contributed by atoms with Crippen LogP contribution in [0, 0.1) is 0 Å². The van der Waals surface area contributed by atoms with Gasteiger partial charge in [-0.1, -0.05) is 23.5 Å². The van der Waals surface area contributed by atoms with Crippen LogP contribution in [0.15, 0.2) is 53.5 Å². The largest absolute Gasteiger partial charge is 0.322 e. The van der Waals surface area contributed by atoms with Gasteiger partial charge in [-0.2, -0.15) is 9.61 Å². The Balaban J connectivity index is 1.60. The molecule has 0 spiro atoms. The molecule has 0 aliphatic carbocycles. The van der Waals surface area contributed by atoms with E-state index in [2.05, 4.69) is 41.5 Å². The lowest BCUT2D eigenvalue weighted by atomic mass is 10.2. The van der Waals surface area contributed by atoms with E-state index in [4.69, 9.17) is 0 Å². The van der Waals surface area contributed by atoms with Gasteiger partial charge in [0.1, 0.15) is 11.3 Å². The molecule has 4 rings (SSSR count). The number of anilines is 1. The van der Waals surface area contributed by atoms with Gasteiger partial charge in [-0.05, 0) is 34.1 Å². The van der Waals surface area contributed by atoms with Crippen molar-refractivity contribution in [3.8, 4) is 10.6 Å². The summed E-state index contributed by atoms with van der Waals surface area (Å²) in [5, 5.41) is 15.8. The summed E-state index contributed by atoms with van der Waals surface area (Å²) in [6.45, 7) is 0. The van der Waals surface area contributed by atoms with Gasteiger partial charge >= 0.3 is 0 Å². The van der Waals surface area contributed by atoms with Gasteiger partial charge in [0, 0.05) is 28.1 Å². The molecule has 1 aromatic carbocycles. The van der Waals surface area contributed by atoms with E-state index in [1.165, 1.54) is 17.5 Å². The first kappa shape index (κ1) is 14.9. The number of amides is 1. The van der Waals surface area contributed by atoms with Crippen molar-refractivity contribution in [1.82, 2.24) is 24.8 Å². The second kappa shape index (κ2) is 6.10. The van der Waals surface area contributed by atoms with Crippen molar-refractivity contribution in [3.63, 3.8) is 0 Å². The van der Waals surface area contributed by atoms with E-state index in [9.17, 15) is 4.79 Å². The molecule has 0 aliphatic heterocycles. The number of nitrogens with zero attached hydrogens (tertiary/aromatic N) is 5. The third-order valence-corrected chi connectivity index (χ3v) is 4.62. The number of hydrogen-bond acceptors (Lipinski definition) is 6. The van der Waals surface area contributed by atoms with Crippen molar-refractivity contribution in [2.24, 2.45) is 0 Å². The first-order valence-corrected chi connectivity index (χ1v) is 8.49. The Morgan fingerprint density at radius 3 is 3.00 bits per heavy atom. The molecule has 9 heteroatoms. The van der Waals surface area contributed by atoms with Crippen molar-refractivity contribution in [2.75, 3.05) is 5.32 Å². The maximum absolute atomic E-state index is 12.3. The normalized spacial score (nSPS) is 10.9. The van der Waals surface area contributed by atoms with Crippen LogP contribution in [0.1, 0.15) is 10.4 Å². The van der Waals surface area contributed by atoms with E-state index in [-0.39, 0.29) is 5.91 Å². The zero-order chi connectivity index (χ0) is 16.5. The summed E-state index contributed by atoms with van der Waals surface area (Å²) >= 11 is 4.74. The summed E-state index contributed by atoms with van der Waals surface area (Å²) in [5.41, 5.74) is 2.06. The molecule has 1 amide bonds. The molecule has 1 N–H and O–H groups in total. The fraction of sp³-hybridized carbons (Fsp3) is 0. The quantitative estimate of drug-likeness (QED) is 0.570. The highest BCUT2D eigenvalue weighted by atomic mass is 79.9. The molecule has 0 unspecified atom stereocenters. The van der Waals surface area contributed by atoms with Crippen molar-refractivity contribution in [2.45, 2.75) is 0 Å². The first-order valence-electron chi connectivity index (χ1n) is 6.88. The predicted octanol–water partition coefficient (Wildman–Crippen LogP) is 3.26. The number of benzene rings is 1. The standard InChI is InChI=1S/C15H9BrN6OS/c16-11-4-10(6-17-7-11)13(23)19-12-3-1-2-9(5-12)14-21-22-8-18-20-15(22)24-14/h1-8H,(H,19,23). The SMILES string of the molecule is O=C(Nc1cccc(-c2nn3cnnc3s2)c1)c1cncc(Br)c1. The Morgan fingerprint density at radius 2 is 2.17 bits per heavy atom. The van der Waals surface area contributed by atoms with Crippen molar-refractivity contribution in [3.05, 3.63) is 59.1 Å². The van der Waals surface area contributed by atoms with Gasteiger partial charge < -0.3 is 5.32 Å². The highest BCUT2D eigenvalue weighted by Crippen LogP contribution is 2.27. The average Bonchev–Trinajstić information content (AvgIpc) is 3.17. The molecule has 0 radical (unpaired) electrons. The molecule has 0 bridgehead atoms. The number of carbonyl (C=O) groups is 1. The number of hydrogen-bond donors (Lipinski definition) is 1. The number of aromatic nitrogens is 5. The molecular formula is C15H9BrN6OS. The zero-order valence-electron chi connectivity index (χ0n) is 12.0. The maximum Gasteiger partial charge on any atom is 0.257 e. The first-order chi connectivity index (χ1) is 11.7. The lowest BCUT2D eigenvalue weighted by Crippen LogP contribution is -2.12. The predicted molar refractivity (Wildman–Crippen MR) is 94.0 cm³/mol.